The van der Waals surface area contributed by atoms with Gasteiger partial charge in [-0.1, -0.05) is 0 Å². The normalized spacial score (nSPS) is 29.1. The summed E-state index contributed by atoms with van der Waals surface area (Å²) in [5.74, 6) is 0. The minimum Gasteiger partial charge on any atom is -0.311 e. The number of hydrogen-bond acceptors (Lipinski definition) is 4. The largest absolute Gasteiger partial charge is 0.311 e. The molecule has 2 heterocycles. The molecule has 2 saturated heterocycles. The fourth-order valence-corrected chi connectivity index (χ4v) is 4.41. The Hall–Kier alpha value is -1.42. The van der Waals surface area contributed by atoms with Crippen LogP contribution in [0.2, 0.25) is 0 Å². The van der Waals surface area contributed by atoms with E-state index in [4.69, 9.17) is 5.26 Å². The average molecular weight is 291 g/mol. The maximum atomic E-state index is 12.3. The van der Waals surface area contributed by atoms with Gasteiger partial charge >= 0.3 is 0 Å². The zero-order valence-corrected chi connectivity index (χ0v) is 11.9. The second-order valence-corrected chi connectivity index (χ2v) is 7.28. The first kappa shape index (κ1) is 13.6. The van der Waals surface area contributed by atoms with Crippen molar-refractivity contribution >= 4 is 10.0 Å². The summed E-state index contributed by atoms with van der Waals surface area (Å²) in [6.07, 6.45) is 3.98. The summed E-state index contributed by atoms with van der Waals surface area (Å²) in [7, 11) is -3.49. The second kappa shape index (κ2) is 5.17. The lowest BCUT2D eigenvalue weighted by Gasteiger charge is -2.29. The molecule has 2 fully saturated rings. The van der Waals surface area contributed by atoms with Gasteiger partial charge in [-0.3, -0.25) is 0 Å². The lowest BCUT2D eigenvalue weighted by Crippen LogP contribution is -2.47. The SMILES string of the molecule is N#Cc1ccc(S(=O)(=O)NC2CC3CCC(C2)N3)cc1. The molecule has 2 unspecified atom stereocenters. The van der Waals surface area contributed by atoms with Crippen molar-refractivity contribution in [2.45, 2.75) is 48.7 Å². The summed E-state index contributed by atoms with van der Waals surface area (Å²) < 4.78 is 27.4. The molecule has 1 aromatic rings. The van der Waals surface area contributed by atoms with Crippen LogP contribution in [-0.4, -0.2) is 26.5 Å². The molecule has 0 radical (unpaired) electrons. The summed E-state index contributed by atoms with van der Waals surface area (Å²) in [5.41, 5.74) is 0.462. The molecule has 5 nitrogen and oxygen atoms in total. The molecule has 3 rings (SSSR count). The van der Waals surface area contributed by atoms with Crippen LogP contribution in [0.15, 0.2) is 29.2 Å². The van der Waals surface area contributed by atoms with Gasteiger partial charge in [0.1, 0.15) is 0 Å². The van der Waals surface area contributed by atoms with Gasteiger partial charge in [-0.05, 0) is 49.9 Å². The molecule has 0 spiro atoms. The van der Waals surface area contributed by atoms with E-state index in [1.54, 1.807) is 0 Å². The molecule has 2 N–H and O–H groups in total. The lowest BCUT2D eigenvalue weighted by molar-refractivity contribution is 0.345. The van der Waals surface area contributed by atoms with Crippen molar-refractivity contribution in [1.82, 2.24) is 10.0 Å². The minimum atomic E-state index is -3.49. The Bertz CT molecular complexity index is 621. The number of nitriles is 1. The summed E-state index contributed by atoms with van der Waals surface area (Å²) in [4.78, 5) is 0.224. The van der Waals surface area contributed by atoms with Crippen LogP contribution in [-0.2, 0) is 10.0 Å². The van der Waals surface area contributed by atoms with Crippen LogP contribution in [0, 0.1) is 11.3 Å². The topological polar surface area (TPSA) is 82.0 Å². The molecule has 0 saturated carbocycles. The van der Waals surface area contributed by atoms with Crippen molar-refractivity contribution < 1.29 is 8.42 Å². The number of benzene rings is 1. The van der Waals surface area contributed by atoms with Gasteiger partial charge in [0.25, 0.3) is 0 Å². The average Bonchev–Trinajstić information content (AvgIpc) is 2.77. The maximum Gasteiger partial charge on any atom is 0.240 e. The smallest absolute Gasteiger partial charge is 0.240 e. The second-order valence-electron chi connectivity index (χ2n) is 5.56. The Kier molecular flexibility index (Phi) is 3.50. The van der Waals surface area contributed by atoms with Crippen LogP contribution < -0.4 is 10.0 Å². The molecule has 1 aromatic carbocycles. The predicted octanol–water partition coefficient (Wildman–Crippen LogP) is 1.12. The first-order valence-electron chi connectivity index (χ1n) is 6.85. The van der Waals surface area contributed by atoms with E-state index in [2.05, 4.69) is 10.0 Å². The highest BCUT2D eigenvalue weighted by Crippen LogP contribution is 2.27. The fourth-order valence-electron chi connectivity index (χ4n) is 3.15. The van der Waals surface area contributed by atoms with Gasteiger partial charge in [0, 0.05) is 18.1 Å². The summed E-state index contributed by atoms with van der Waals surface area (Å²) in [6.45, 7) is 0. The first-order chi connectivity index (χ1) is 9.56. The molecule has 0 aliphatic carbocycles. The number of rotatable bonds is 3. The van der Waals surface area contributed by atoms with Gasteiger partial charge in [0.05, 0.1) is 16.5 Å². The van der Waals surface area contributed by atoms with Crippen LogP contribution in [0.4, 0.5) is 0 Å². The molecule has 106 valence electrons. The summed E-state index contributed by atoms with van der Waals surface area (Å²) >= 11 is 0. The van der Waals surface area contributed by atoms with E-state index >= 15 is 0 Å². The molecule has 6 heteroatoms. The molecular weight excluding hydrogens is 274 g/mol. The van der Waals surface area contributed by atoms with E-state index in [1.165, 1.54) is 24.3 Å². The van der Waals surface area contributed by atoms with Crippen molar-refractivity contribution in [2.24, 2.45) is 0 Å². The van der Waals surface area contributed by atoms with E-state index in [-0.39, 0.29) is 10.9 Å². The highest BCUT2D eigenvalue weighted by Gasteiger charge is 2.35. The van der Waals surface area contributed by atoms with Crippen molar-refractivity contribution in [3.05, 3.63) is 29.8 Å². The van der Waals surface area contributed by atoms with E-state index in [0.717, 1.165) is 25.7 Å². The number of piperidine rings is 1. The third-order valence-electron chi connectivity index (χ3n) is 4.09. The molecular formula is C14H17N3O2S. The fraction of sp³-hybridized carbons (Fsp3) is 0.500. The number of sulfonamides is 1. The van der Waals surface area contributed by atoms with Gasteiger partial charge in [0.15, 0.2) is 0 Å². The van der Waals surface area contributed by atoms with Gasteiger partial charge < -0.3 is 5.32 Å². The van der Waals surface area contributed by atoms with Gasteiger partial charge in [-0.25, -0.2) is 13.1 Å². The lowest BCUT2D eigenvalue weighted by atomic mass is 10.0. The molecule has 2 bridgehead atoms. The Morgan fingerprint density at radius 3 is 2.30 bits per heavy atom. The monoisotopic (exact) mass is 291 g/mol. The zero-order valence-electron chi connectivity index (χ0n) is 11.0. The highest BCUT2D eigenvalue weighted by molar-refractivity contribution is 7.89. The van der Waals surface area contributed by atoms with Crippen molar-refractivity contribution in [2.75, 3.05) is 0 Å². The van der Waals surface area contributed by atoms with Crippen LogP contribution in [0.1, 0.15) is 31.2 Å². The van der Waals surface area contributed by atoms with E-state index in [1.807, 2.05) is 6.07 Å². The Morgan fingerprint density at radius 1 is 1.15 bits per heavy atom. The summed E-state index contributed by atoms with van der Waals surface area (Å²) in [5, 5.41) is 12.2. The summed E-state index contributed by atoms with van der Waals surface area (Å²) in [6, 6.07) is 8.91. The molecule has 2 aliphatic rings. The van der Waals surface area contributed by atoms with Gasteiger partial charge in [0.2, 0.25) is 10.0 Å². The van der Waals surface area contributed by atoms with E-state index in [9.17, 15) is 8.42 Å². The third-order valence-corrected chi connectivity index (χ3v) is 5.63. The zero-order chi connectivity index (χ0) is 14.2. The predicted molar refractivity (Wildman–Crippen MR) is 74.4 cm³/mol. The van der Waals surface area contributed by atoms with Gasteiger partial charge in [-0.15, -0.1) is 0 Å². The Balaban J connectivity index is 1.73. The molecule has 0 amide bonds. The third kappa shape index (κ3) is 2.70. The van der Waals surface area contributed by atoms with Crippen molar-refractivity contribution in [3.8, 4) is 6.07 Å². The first-order valence-corrected chi connectivity index (χ1v) is 8.34. The van der Waals surface area contributed by atoms with Crippen molar-refractivity contribution in [3.63, 3.8) is 0 Å². The molecule has 2 atom stereocenters. The number of hydrogen-bond donors (Lipinski definition) is 2. The number of fused-ring (bicyclic) bond motifs is 2. The molecule has 0 aromatic heterocycles. The van der Waals surface area contributed by atoms with Crippen LogP contribution in [0.25, 0.3) is 0 Å². The molecule has 2 aliphatic heterocycles. The highest BCUT2D eigenvalue weighted by atomic mass is 32.2. The van der Waals surface area contributed by atoms with Crippen LogP contribution in [0.3, 0.4) is 0 Å². The van der Waals surface area contributed by atoms with Gasteiger partial charge in [-0.2, -0.15) is 5.26 Å². The minimum absolute atomic E-state index is 0.00870. The van der Waals surface area contributed by atoms with E-state index < -0.39 is 10.0 Å². The molecule has 20 heavy (non-hydrogen) atoms. The Morgan fingerprint density at radius 2 is 1.75 bits per heavy atom. The van der Waals surface area contributed by atoms with Crippen LogP contribution in [0.5, 0.6) is 0 Å². The van der Waals surface area contributed by atoms with E-state index in [0.29, 0.717) is 17.6 Å². The maximum absolute atomic E-state index is 12.3. The quantitative estimate of drug-likeness (QED) is 0.874. The van der Waals surface area contributed by atoms with Crippen molar-refractivity contribution in [1.29, 1.82) is 5.26 Å². The standard InChI is InChI=1S/C14H17N3O2S/c15-9-10-1-5-14(6-2-10)20(18,19)17-13-7-11-3-4-12(8-13)16-11/h1-2,5-6,11-13,16-17H,3-4,7-8H2. The number of nitrogens with one attached hydrogen (secondary N) is 2. The number of nitrogens with zero attached hydrogens (tertiary/aromatic N) is 1. The van der Waals surface area contributed by atoms with Crippen LogP contribution >= 0.6 is 0 Å². The Labute approximate surface area is 119 Å².